The summed E-state index contributed by atoms with van der Waals surface area (Å²) >= 11 is 0. The molecule has 184 valence electrons. The first-order valence-electron chi connectivity index (χ1n) is 11.8. The van der Waals surface area contributed by atoms with Gasteiger partial charge >= 0.3 is 12.1 Å². The van der Waals surface area contributed by atoms with E-state index in [0.717, 1.165) is 22.3 Å². The molecule has 9 heteroatoms. The number of nitrogens with one attached hydrogen (secondary N) is 2. The molecule has 0 aromatic heterocycles. The summed E-state index contributed by atoms with van der Waals surface area (Å²) in [5.41, 5.74) is 4.43. The normalized spacial score (nSPS) is 25.9. The average Bonchev–Trinajstić information content (AvgIpc) is 3.13. The number of alkyl carbamates (subject to hydrolysis) is 1. The first-order valence-corrected chi connectivity index (χ1v) is 11.8. The topological polar surface area (TPSA) is 105 Å². The van der Waals surface area contributed by atoms with E-state index in [0.29, 0.717) is 19.3 Å². The summed E-state index contributed by atoms with van der Waals surface area (Å²) in [6.45, 7) is -0.256. The number of fused-ring (bicyclic) bond motifs is 3. The van der Waals surface area contributed by atoms with Crippen molar-refractivity contribution in [2.24, 2.45) is 17.8 Å². The number of alkyl halides is 2. The molecule has 0 aliphatic heterocycles. The third kappa shape index (κ3) is 4.24. The number of carbonyl (C=O) groups excluding carboxylic acids is 2. The number of aliphatic carboxylic acids is 1. The molecule has 5 rings (SSSR count). The molecule has 2 saturated carbocycles. The highest BCUT2D eigenvalue weighted by atomic mass is 19.3. The number of halogens is 2. The second-order valence-corrected chi connectivity index (χ2v) is 9.46. The number of hydrogen-bond donors (Lipinski definition) is 3. The van der Waals surface area contributed by atoms with Crippen LogP contribution in [0, 0.1) is 17.8 Å². The number of amides is 2. The van der Waals surface area contributed by atoms with Gasteiger partial charge in [-0.1, -0.05) is 55.0 Å². The molecule has 2 aromatic carbocycles. The summed E-state index contributed by atoms with van der Waals surface area (Å²) in [6, 6.07) is 15.5. The second-order valence-electron chi connectivity index (χ2n) is 9.46. The molecule has 2 aromatic rings. The predicted octanol–water partition coefficient (Wildman–Crippen LogP) is 3.78. The number of ether oxygens (including phenoxy) is 1. The standard InChI is InChI=1S/C26H26F2N2O5/c27-26(28)20(22(26)24(32)33)12-29-23(31)18-10-5-11-21(18)30-25(34)35-13-19-16-8-3-1-6-14(16)15-7-2-4-9-17(15)19/h1-4,6-9,18-22H,5,10-13H2,(H,29,31)(H,30,34)(H,32,33)/t18-,20-,21+,22-/m0/s1. The summed E-state index contributed by atoms with van der Waals surface area (Å²) in [7, 11) is 0. The Labute approximate surface area is 200 Å². The predicted molar refractivity (Wildman–Crippen MR) is 122 cm³/mol. The van der Waals surface area contributed by atoms with Gasteiger partial charge in [-0.3, -0.25) is 9.59 Å². The van der Waals surface area contributed by atoms with Gasteiger partial charge in [0.15, 0.2) is 0 Å². The number of carbonyl (C=O) groups is 3. The van der Waals surface area contributed by atoms with Gasteiger partial charge < -0.3 is 20.5 Å². The van der Waals surface area contributed by atoms with E-state index < -0.39 is 54.2 Å². The van der Waals surface area contributed by atoms with Gasteiger partial charge in [-0.15, -0.1) is 0 Å². The van der Waals surface area contributed by atoms with Gasteiger partial charge in [0.2, 0.25) is 5.91 Å². The van der Waals surface area contributed by atoms with Gasteiger partial charge in [0.05, 0.1) is 11.8 Å². The molecule has 35 heavy (non-hydrogen) atoms. The van der Waals surface area contributed by atoms with Gasteiger partial charge in [-0.05, 0) is 35.1 Å². The molecule has 3 aliphatic rings. The third-order valence-corrected chi connectivity index (χ3v) is 7.46. The molecular formula is C26H26F2N2O5. The molecule has 0 spiro atoms. The lowest BCUT2D eigenvalue weighted by molar-refractivity contribution is -0.141. The van der Waals surface area contributed by atoms with Crippen molar-refractivity contribution in [2.45, 2.75) is 37.1 Å². The molecule has 0 bridgehead atoms. The zero-order valence-corrected chi connectivity index (χ0v) is 18.9. The van der Waals surface area contributed by atoms with Crippen molar-refractivity contribution in [1.82, 2.24) is 10.6 Å². The summed E-state index contributed by atoms with van der Waals surface area (Å²) < 4.78 is 32.7. The fourth-order valence-electron chi connectivity index (χ4n) is 5.56. The van der Waals surface area contributed by atoms with Crippen molar-refractivity contribution in [3.8, 4) is 11.1 Å². The van der Waals surface area contributed by atoms with Crippen LogP contribution >= 0.6 is 0 Å². The zero-order valence-electron chi connectivity index (χ0n) is 18.9. The Bertz CT molecular complexity index is 1120. The monoisotopic (exact) mass is 484 g/mol. The Morgan fingerprint density at radius 3 is 2.23 bits per heavy atom. The molecule has 0 heterocycles. The Kier molecular flexibility index (Phi) is 5.94. The molecule has 7 nitrogen and oxygen atoms in total. The van der Waals surface area contributed by atoms with Crippen molar-refractivity contribution in [3.63, 3.8) is 0 Å². The maximum absolute atomic E-state index is 13.6. The number of carboxylic acids is 1. The van der Waals surface area contributed by atoms with E-state index in [1.165, 1.54) is 0 Å². The lowest BCUT2D eigenvalue weighted by Crippen LogP contribution is -2.45. The fraction of sp³-hybridized carbons (Fsp3) is 0.423. The molecular weight excluding hydrogens is 458 g/mol. The van der Waals surface area contributed by atoms with Gasteiger partial charge in [-0.2, -0.15) is 0 Å². The Morgan fingerprint density at radius 1 is 1.00 bits per heavy atom. The lowest BCUT2D eigenvalue weighted by Gasteiger charge is -2.21. The van der Waals surface area contributed by atoms with E-state index >= 15 is 0 Å². The average molecular weight is 484 g/mol. The van der Waals surface area contributed by atoms with E-state index in [-0.39, 0.29) is 12.5 Å². The van der Waals surface area contributed by atoms with Gasteiger partial charge in [0, 0.05) is 18.5 Å². The van der Waals surface area contributed by atoms with Crippen LogP contribution in [-0.2, 0) is 14.3 Å². The largest absolute Gasteiger partial charge is 0.481 e. The van der Waals surface area contributed by atoms with Crippen LogP contribution in [0.25, 0.3) is 11.1 Å². The lowest BCUT2D eigenvalue weighted by atomic mass is 9.98. The van der Waals surface area contributed by atoms with Crippen LogP contribution in [0.15, 0.2) is 48.5 Å². The number of hydrogen-bond acceptors (Lipinski definition) is 4. The van der Waals surface area contributed by atoms with Gasteiger partial charge in [-0.25, -0.2) is 13.6 Å². The minimum Gasteiger partial charge on any atom is -0.481 e. The SMILES string of the molecule is O=C(N[C@@H]1CCC[C@@H]1C(=O)NC[C@H]1[C@@H](C(=O)O)C1(F)F)OCC1c2ccccc2-c2ccccc21. The van der Waals surface area contributed by atoms with Crippen LogP contribution < -0.4 is 10.6 Å². The second kappa shape index (κ2) is 8.94. The third-order valence-electron chi connectivity index (χ3n) is 7.46. The van der Waals surface area contributed by atoms with E-state index in [1.54, 1.807) is 0 Å². The van der Waals surface area contributed by atoms with E-state index in [9.17, 15) is 23.2 Å². The molecule has 0 radical (unpaired) electrons. The van der Waals surface area contributed by atoms with Crippen LogP contribution in [0.3, 0.4) is 0 Å². The summed E-state index contributed by atoms with van der Waals surface area (Å²) in [4.78, 5) is 36.1. The molecule has 2 fully saturated rings. The maximum atomic E-state index is 13.6. The van der Waals surface area contributed by atoms with E-state index in [2.05, 4.69) is 10.6 Å². The van der Waals surface area contributed by atoms with Crippen molar-refractivity contribution in [2.75, 3.05) is 13.2 Å². The Balaban J connectivity index is 1.15. The molecule has 3 aliphatic carbocycles. The molecule has 2 amide bonds. The van der Waals surface area contributed by atoms with Crippen molar-refractivity contribution >= 4 is 18.0 Å². The van der Waals surface area contributed by atoms with E-state index in [4.69, 9.17) is 9.84 Å². The summed E-state index contributed by atoms with van der Waals surface area (Å²) in [5, 5.41) is 14.1. The first kappa shape index (κ1) is 23.3. The number of rotatable bonds is 7. The van der Waals surface area contributed by atoms with Crippen LogP contribution in [0.5, 0.6) is 0 Å². The minimum atomic E-state index is -3.31. The number of benzene rings is 2. The van der Waals surface area contributed by atoms with Crippen LogP contribution in [0.4, 0.5) is 13.6 Å². The van der Waals surface area contributed by atoms with Crippen LogP contribution in [0.1, 0.15) is 36.3 Å². The molecule has 3 N–H and O–H groups in total. The molecule has 0 unspecified atom stereocenters. The quantitative estimate of drug-likeness (QED) is 0.555. The van der Waals surface area contributed by atoms with Gasteiger partial charge in [0.1, 0.15) is 12.5 Å². The first-order chi connectivity index (χ1) is 16.8. The fourth-order valence-corrected chi connectivity index (χ4v) is 5.56. The summed E-state index contributed by atoms with van der Waals surface area (Å²) in [5.74, 6) is -9.17. The maximum Gasteiger partial charge on any atom is 0.407 e. The molecule has 0 saturated heterocycles. The van der Waals surface area contributed by atoms with Crippen LogP contribution in [0.2, 0.25) is 0 Å². The smallest absolute Gasteiger partial charge is 0.407 e. The highest BCUT2D eigenvalue weighted by molar-refractivity contribution is 5.82. The minimum absolute atomic E-state index is 0.0850. The van der Waals surface area contributed by atoms with Crippen molar-refractivity contribution < 1.29 is 33.0 Å². The van der Waals surface area contributed by atoms with Gasteiger partial charge in [0.25, 0.3) is 5.92 Å². The Hall–Kier alpha value is -3.49. The van der Waals surface area contributed by atoms with E-state index in [1.807, 2.05) is 48.5 Å². The molecule has 4 atom stereocenters. The number of carboxylic acid groups (broad SMARTS) is 1. The zero-order chi connectivity index (χ0) is 24.7. The summed E-state index contributed by atoms with van der Waals surface area (Å²) in [6.07, 6.45) is 1.14. The van der Waals surface area contributed by atoms with Crippen molar-refractivity contribution in [1.29, 1.82) is 0 Å². The highest BCUT2D eigenvalue weighted by Crippen LogP contribution is 2.55. The Morgan fingerprint density at radius 2 is 1.63 bits per heavy atom. The van der Waals surface area contributed by atoms with Crippen molar-refractivity contribution in [3.05, 3.63) is 59.7 Å². The highest BCUT2D eigenvalue weighted by Gasteiger charge is 2.72. The van der Waals surface area contributed by atoms with Crippen LogP contribution in [-0.4, -0.2) is 48.2 Å².